The van der Waals surface area contributed by atoms with E-state index in [9.17, 15) is 4.79 Å². The topological polar surface area (TPSA) is 29.4 Å². The van der Waals surface area contributed by atoms with Crippen molar-refractivity contribution in [3.8, 4) is 0 Å². The van der Waals surface area contributed by atoms with Gasteiger partial charge in [-0.2, -0.15) is 0 Å². The van der Waals surface area contributed by atoms with Gasteiger partial charge in [0.05, 0.1) is 0 Å². The van der Waals surface area contributed by atoms with Gasteiger partial charge in [0.1, 0.15) is 5.78 Å². The molecule has 0 N–H and O–H groups in total. The van der Waals surface area contributed by atoms with Crippen molar-refractivity contribution >= 4 is 12.0 Å². The van der Waals surface area contributed by atoms with Crippen molar-refractivity contribution in [1.29, 1.82) is 0 Å². The zero-order valence-electron chi connectivity index (χ0n) is 5.79. The minimum atomic E-state index is 0.177. The monoisotopic (exact) mass is 125 g/mol. The van der Waals surface area contributed by atoms with Gasteiger partial charge in [-0.25, -0.2) is 0 Å². The smallest absolute Gasteiger partial charge is 0.133 e. The molecule has 0 aromatic rings. The van der Waals surface area contributed by atoms with Crippen LogP contribution in [0, 0.1) is 0 Å². The molecule has 0 heterocycles. The van der Waals surface area contributed by atoms with E-state index < -0.39 is 0 Å². The summed E-state index contributed by atoms with van der Waals surface area (Å²) in [6, 6.07) is 0. The van der Waals surface area contributed by atoms with Crippen LogP contribution in [-0.4, -0.2) is 19.0 Å². The number of rotatable bonds is 3. The number of hydrogen-bond donors (Lipinski definition) is 0. The number of carbonyl (C=O) groups excluding carboxylic acids is 1. The third-order valence-electron chi connectivity index (χ3n) is 0.777. The molecule has 0 spiro atoms. The van der Waals surface area contributed by atoms with Gasteiger partial charge in [0.25, 0.3) is 0 Å². The van der Waals surface area contributed by atoms with E-state index in [1.807, 2.05) is 0 Å². The lowest BCUT2D eigenvalue weighted by Gasteiger charge is -1.79. The maximum atomic E-state index is 10.3. The van der Waals surface area contributed by atoms with Crippen molar-refractivity contribution in [3.63, 3.8) is 0 Å². The highest BCUT2D eigenvalue weighted by atomic mass is 16.1. The fraction of sp³-hybridized carbons (Fsp3) is 0.429. The average molecular weight is 125 g/mol. The average Bonchev–Trinajstić information content (AvgIpc) is 1.80. The van der Waals surface area contributed by atoms with Gasteiger partial charge < -0.3 is 0 Å². The predicted molar refractivity (Wildman–Crippen MR) is 38.9 cm³/mol. The molecule has 0 unspecified atom stereocenters. The molecule has 0 saturated carbocycles. The minimum Gasteiger partial charge on any atom is -0.300 e. The van der Waals surface area contributed by atoms with E-state index in [2.05, 4.69) is 4.99 Å². The largest absolute Gasteiger partial charge is 0.300 e. The molecule has 50 valence electrons. The molecule has 0 rings (SSSR count). The van der Waals surface area contributed by atoms with E-state index in [0.717, 1.165) is 0 Å². The zero-order valence-corrected chi connectivity index (χ0v) is 5.79. The number of ketones is 1. The standard InChI is InChI=1S/C7H11NO/c1-7(9)5-3-4-6-8-2/h3-4,6H,5H2,1-2H3. The maximum Gasteiger partial charge on any atom is 0.133 e. The molecule has 0 fully saturated rings. The van der Waals surface area contributed by atoms with Crippen LogP contribution in [0.15, 0.2) is 17.1 Å². The lowest BCUT2D eigenvalue weighted by atomic mass is 10.3. The molecule has 0 aliphatic rings. The molecule has 0 aliphatic carbocycles. The third-order valence-corrected chi connectivity index (χ3v) is 0.777. The number of aliphatic imine (C=N–C) groups is 1. The number of hydrogen-bond acceptors (Lipinski definition) is 2. The van der Waals surface area contributed by atoms with Crippen LogP contribution >= 0.6 is 0 Å². The highest BCUT2D eigenvalue weighted by Crippen LogP contribution is 1.81. The molecule has 0 atom stereocenters. The molecule has 0 bridgehead atoms. The molecule has 0 aliphatic heterocycles. The SMILES string of the molecule is CN=CC=CCC(C)=O. The molecule has 9 heavy (non-hydrogen) atoms. The van der Waals surface area contributed by atoms with Gasteiger partial charge in [-0.3, -0.25) is 9.79 Å². The van der Waals surface area contributed by atoms with E-state index in [-0.39, 0.29) is 5.78 Å². The second-order valence-corrected chi connectivity index (χ2v) is 1.74. The Kier molecular flexibility index (Phi) is 4.69. The number of Topliss-reactive ketones (excluding diaryl/α,β-unsaturated/α-hetero) is 1. The molecule has 0 aromatic heterocycles. The minimum absolute atomic E-state index is 0.177. The molecular formula is C7H11NO. The summed E-state index contributed by atoms with van der Waals surface area (Å²) < 4.78 is 0. The van der Waals surface area contributed by atoms with Crippen LogP contribution in [0.3, 0.4) is 0 Å². The summed E-state index contributed by atoms with van der Waals surface area (Å²) >= 11 is 0. The van der Waals surface area contributed by atoms with Gasteiger partial charge in [-0.15, -0.1) is 0 Å². The molecule has 2 nitrogen and oxygen atoms in total. The van der Waals surface area contributed by atoms with Gasteiger partial charge in [0.2, 0.25) is 0 Å². The van der Waals surface area contributed by atoms with E-state index in [1.54, 1.807) is 32.3 Å². The molecule has 2 heteroatoms. The summed E-state index contributed by atoms with van der Waals surface area (Å²) in [5.41, 5.74) is 0. The molecule has 0 saturated heterocycles. The van der Waals surface area contributed by atoms with Gasteiger partial charge in [0, 0.05) is 19.7 Å². The van der Waals surface area contributed by atoms with Crippen molar-refractivity contribution in [1.82, 2.24) is 0 Å². The quantitative estimate of drug-likeness (QED) is 0.521. The third kappa shape index (κ3) is 7.08. The first kappa shape index (κ1) is 8.08. The van der Waals surface area contributed by atoms with E-state index in [4.69, 9.17) is 0 Å². The Morgan fingerprint density at radius 1 is 1.67 bits per heavy atom. The van der Waals surface area contributed by atoms with Gasteiger partial charge in [0.15, 0.2) is 0 Å². The lowest BCUT2D eigenvalue weighted by molar-refractivity contribution is -0.116. The van der Waals surface area contributed by atoms with Crippen LogP contribution in [0.25, 0.3) is 0 Å². The fourth-order valence-electron chi connectivity index (χ4n) is 0.381. The van der Waals surface area contributed by atoms with Crippen LogP contribution < -0.4 is 0 Å². The Balaban J connectivity index is 3.36. The van der Waals surface area contributed by atoms with Crippen molar-refractivity contribution in [3.05, 3.63) is 12.2 Å². The van der Waals surface area contributed by atoms with Gasteiger partial charge >= 0.3 is 0 Å². The van der Waals surface area contributed by atoms with Crippen molar-refractivity contribution in [2.75, 3.05) is 7.05 Å². The van der Waals surface area contributed by atoms with Gasteiger partial charge in [-0.05, 0) is 13.0 Å². The van der Waals surface area contributed by atoms with Crippen molar-refractivity contribution in [2.45, 2.75) is 13.3 Å². The second kappa shape index (κ2) is 5.22. The number of allylic oxidation sites excluding steroid dienone is 2. The second-order valence-electron chi connectivity index (χ2n) is 1.74. The first-order valence-electron chi connectivity index (χ1n) is 2.84. The van der Waals surface area contributed by atoms with Crippen LogP contribution in [0.4, 0.5) is 0 Å². The molecule has 0 amide bonds. The first-order valence-corrected chi connectivity index (χ1v) is 2.84. The Hall–Kier alpha value is -0.920. The fourth-order valence-corrected chi connectivity index (χ4v) is 0.381. The molecular weight excluding hydrogens is 114 g/mol. The van der Waals surface area contributed by atoms with Crippen LogP contribution in [0.1, 0.15) is 13.3 Å². The Morgan fingerprint density at radius 3 is 2.78 bits per heavy atom. The highest BCUT2D eigenvalue weighted by Gasteiger charge is 1.82. The summed E-state index contributed by atoms with van der Waals surface area (Å²) in [4.78, 5) is 14.0. The van der Waals surface area contributed by atoms with Gasteiger partial charge in [-0.1, -0.05) is 6.08 Å². The van der Waals surface area contributed by atoms with E-state index in [1.165, 1.54) is 0 Å². The van der Waals surface area contributed by atoms with Crippen LogP contribution in [0.2, 0.25) is 0 Å². The number of nitrogens with zero attached hydrogens (tertiary/aromatic N) is 1. The van der Waals surface area contributed by atoms with Crippen LogP contribution in [-0.2, 0) is 4.79 Å². The summed E-state index contributed by atoms with van der Waals surface area (Å²) in [5, 5.41) is 0. The van der Waals surface area contributed by atoms with Crippen LogP contribution in [0.5, 0.6) is 0 Å². The van der Waals surface area contributed by atoms with Crippen molar-refractivity contribution < 1.29 is 4.79 Å². The van der Waals surface area contributed by atoms with Crippen molar-refractivity contribution in [2.24, 2.45) is 4.99 Å². The van der Waals surface area contributed by atoms with E-state index >= 15 is 0 Å². The summed E-state index contributed by atoms with van der Waals surface area (Å²) in [5.74, 6) is 0.177. The Labute approximate surface area is 55.3 Å². The zero-order chi connectivity index (χ0) is 7.11. The highest BCUT2D eigenvalue weighted by molar-refractivity contribution is 5.79. The number of carbonyl (C=O) groups is 1. The normalized spacial score (nSPS) is 11.3. The Bertz CT molecular complexity index is 136. The summed E-state index contributed by atoms with van der Waals surface area (Å²) in [6.07, 6.45) is 5.71. The molecule has 0 radical (unpaired) electrons. The summed E-state index contributed by atoms with van der Waals surface area (Å²) in [6.45, 7) is 1.56. The molecule has 0 aromatic carbocycles. The first-order chi connectivity index (χ1) is 4.27. The lowest BCUT2D eigenvalue weighted by Crippen LogP contribution is -1.83. The Morgan fingerprint density at radius 2 is 2.33 bits per heavy atom. The predicted octanol–water partition coefficient (Wildman–Crippen LogP) is 1.22. The maximum absolute atomic E-state index is 10.3. The summed E-state index contributed by atoms with van der Waals surface area (Å²) in [7, 11) is 1.69. The van der Waals surface area contributed by atoms with E-state index in [0.29, 0.717) is 6.42 Å².